The molecule has 104 valence electrons. The third-order valence-electron chi connectivity index (χ3n) is 3.94. The first-order chi connectivity index (χ1) is 9.63. The van der Waals surface area contributed by atoms with E-state index in [1.54, 1.807) is 0 Å². The molecule has 1 aliphatic heterocycles. The van der Waals surface area contributed by atoms with Gasteiger partial charge in [-0.25, -0.2) is 0 Å². The molecule has 3 rings (SSSR count). The molecule has 0 radical (unpaired) electrons. The Morgan fingerprint density at radius 2 is 1.90 bits per heavy atom. The van der Waals surface area contributed by atoms with Crippen molar-refractivity contribution < 1.29 is 4.74 Å². The van der Waals surface area contributed by atoms with Crippen molar-refractivity contribution in [2.24, 2.45) is 0 Å². The van der Waals surface area contributed by atoms with Crippen LogP contribution in [0.25, 0.3) is 11.1 Å². The lowest BCUT2D eigenvalue weighted by Crippen LogP contribution is -2.20. The Morgan fingerprint density at radius 1 is 1.05 bits per heavy atom. The second-order valence-corrected chi connectivity index (χ2v) is 5.73. The lowest BCUT2D eigenvalue weighted by molar-refractivity contribution is 0.259. The number of hydrogen-bond donors (Lipinski definition) is 0. The quantitative estimate of drug-likeness (QED) is 0.779. The second kappa shape index (κ2) is 5.29. The van der Waals surface area contributed by atoms with E-state index in [0.717, 1.165) is 25.4 Å². The van der Waals surface area contributed by atoms with E-state index in [-0.39, 0.29) is 0 Å². The highest BCUT2D eigenvalue weighted by molar-refractivity contribution is 5.69. The zero-order valence-corrected chi connectivity index (χ0v) is 12.4. The lowest BCUT2D eigenvalue weighted by atomic mass is 9.96. The summed E-state index contributed by atoms with van der Waals surface area (Å²) in [6.07, 6.45) is 0. The highest BCUT2D eigenvalue weighted by Crippen LogP contribution is 2.31. The van der Waals surface area contributed by atoms with Crippen molar-refractivity contribution in [2.45, 2.75) is 20.4 Å². The molecule has 0 saturated heterocycles. The van der Waals surface area contributed by atoms with E-state index in [2.05, 4.69) is 62.2 Å². The van der Waals surface area contributed by atoms with E-state index >= 15 is 0 Å². The SMILES string of the molecule is Cc1ccc(C)c(-c2ccc3c(c2)CN(C)CCO3)c1. The number of aryl methyl sites for hydroxylation is 2. The van der Waals surface area contributed by atoms with Gasteiger partial charge in [-0.2, -0.15) is 0 Å². The maximum atomic E-state index is 5.82. The van der Waals surface area contributed by atoms with E-state index in [1.165, 1.54) is 27.8 Å². The number of rotatable bonds is 1. The van der Waals surface area contributed by atoms with Gasteiger partial charge in [0.2, 0.25) is 0 Å². The number of likely N-dealkylation sites (N-methyl/N-ethyl adjacent to an activating group) is 1. The molecule has 1 heterocycles. The molecule has 0 aliphatic carbocycles. The predicted molar refractivity (Wildman–Crippen MR) is 83.2 cm³/mol. The van der Waals surface area contributed by atoms with Crippen molar-refractivity contribution in [2.75, 3.05) is 20.2 Å². The number of nitrogens with zero attached hydrogens (tertiary/aromatic N) is 1. The van der Waals surface area contributed by atoms with E-state index in [1.807, 2.05) is 0 Å². The summed E-state index contributed by atoms with van der Waals surface area (Å²) < 4.78 is 5.82. The molecule has 2 heteroatoms. The minimum absolute atomic E-state index is 0.770. The first-order valence-corrected chi connectivity index (χ1v) is 7.15. The standard InChI is InChI=1S/C18H21NO/c1-13-4-5-14(2)17(10-13)15-6-7-18-16(11-15)12-19(3)8-9-20-18/h4-7,10-11H,8-9,12H2,1-3H3. The van der Waals surface area contributed by atoms with Gasteiger partial charge in [0.1, 0.15) is 12.4 Å². The van der Waals surface area contributed by atoms with Gasteiger partial charge >= 0.3 is 0 Å². The van der Waals surface area contributed by atoms with Gasteiger partial charge in [-0.05, 0) is 49.7 Å². The third-order valence-corrected chi connectivity index (χ3v) is 3.94. The summed E-state index contributed by atoms with van der Waals surface area (Å²) in [7, 11) is 2.14. The van der Waals surface area contributed by atoms with Gasteiger partial charge in [0.25, 0.3) is 0 Å². The monoisotopic (exact) mass is 267 g/mol. The van der Waals surface area contributed by atoms with Crippen molar-refractivity contribution in [3.05, 3.63) is 53.1 Å². The molecule has 0 saturated carbocycles. The van der Waals surface area contributed by atoms with Crippen LogP contribution in [0.4, 0.5) is 0 Å². The van der Waals surface area contributed by atoms with Crippen molar-refractivity contribution in [1.29, 1.82) is 0 Å². The van der Waals surface area contributed by atoms with Gasteiger partial charge in [0.05, 0.1) is 0 Å². The summed E-state index contributed by atoms with van der Waals surface area (Å²) in [5.41, 5.74) is 6.50. The van der Waals surface area contributed by atoms with Gasteiger partial charge in [0.15, 0.2) is 0 Å². The smallest absolute Gasteiger partial charge is 0.123 e. The van der Waals surface area contributed by atoms with Gasteiger partial charge in [-0.15, -0.1) is 0 Å². The zero-order chi connectivity index (χ0) is 14.1. The minimum Gasteiger partial charge on any atom is -0.492 e. The fraction of sp³-hybridized carbons (Fsp3) is 0.333. The Labute approximate surface area is 121 Å². The van der Waals surface area contributed by atoms with E-state index in [4.69, 9.17) is 4.74 Å². The van der Waals surface area contributed by atoms with Crippen LogP contribution in [0.1, 0.15) is 16.7 Å². The number of hydrogen-bond acceptors (Lipinski definition) is 2. The van der Waals surface area contributed by atoms with Crippen LogP contribution in [0, 0.1) is 13.8 Å². The fourth-order valence-electron chi connectivity index (χ4n) is 2.74. The minimum atomic E-state index is 0.770. The van der Waals surface area contributed by atoms with Crippen LogP contribution >= 0.6 is 0 Å². The van der Waals surface area contributed by atoms with Crippen LogP contribution in [-0.4, -0.2) is 25.1 Å². The topological polar surface area (TPSA) is 12.5 Å². The molecule has 2 nitrogen and oxygen atoms in total. The molecule has 0 amide bonds. The molecule has 0 aromatic heterocycles. The maximum absolute atomic E-state index is 5.82. The van der Waals surface area contributed by atoms with Gasteiger partial charge < -0.3 is 4.74 Å². The summed E-state index contributed by atoms with van der Waals surface area (Å²) in [6, 6.07) is 13.2. The molecule has 2 aromatic rings. The van der Waals surface area contributed by atoms with Gasteiger partial charge in [0, 0.05) is 18.7 Å². The van der Waals surface area contributed by atoms with E-state index < -0.39 is 0 Å². The van der Waals surface area contributed by atoms with Crippen LogP contribution in [0.15, 0.2) is 36.4 Å². The molecular formula is C18H21NO. The van der Waals surface area contributed by atoms with Crippen molar-refractivity contribution in [1.82, 2.24) is 4.90 Å². The van der Waals surface area contributed by atoms with Gasteiger partial charge in [-0.1, -0.05) is 29.8 Å². The summed E-state index contributed by atoms with van der Waals surface area (Å²) in [4.78, 5) is 2.30. The molecule has 0 spiro atoms. The Morgan fingerprint density at radius 3 is 2.75 bits per heavy atom. The van der Waals surface area contributed by atoms with Crippen LogP contribution in [0.5, 0.6) is 5.75 Å². The van der Waals surface area contributed by atoms with Crippen LogP contribution in [-0.2, 0) is 6.54 Å². The van der Waals surface area contributed by atoms with Crippen LogP contribution in [0.3, 0.4) is 0 Å². The lowest BCUT2D eigenvalue weighted by Gasteiger charge is -2.14. The maximum Gasteiger partial charge on any atom is 0.123 e. The highest BCUT2D eigenvalue weighted by atomic mass is 16.5. The Kier molecular flexibility index (Phi) is 3.49. The summed E-state index contributed by atoms with van der Waals surface area (Å²) in [5.74, 6) is 1.03. The molecule has 0 bridgehead atoms. The molecule has 0 fully saturated rings. The largest absolute Gasteiger partial charge is 0.492 e. The average molecular weight is 267 g/mol. The zero-order valence-electron chi connectivity index (χ0n) is 12.4. The number of fused-ring (bicyclic) bond motifs is 1. The number of ether oxygens (including phenoxy) is 1. The molecular weight excluding hydrogens is 246 g/mol. The molecule has 2 aromatic carbocycles. The van der Waals surface area contributed by atoms with Crippen LogP contribution < -0.4 is 4.74 Å². The molecule has 0 atom stereocenters. The van der Waals surface area contributed by atoms with E-state index in [0.29, 0.717) is 0 Å². The normalized spacial score (nSPS) is 15.3. The molecule has 0 N–H and O–H groups in total. The first-order valence-electron chi connectivity index (χ1n) is 7.15. The molecule has 1 aliphatic rings. The molecule has 20 heavy (non-hydrogen) atoms. The van der Waals surface area contributed by atoms with E-state index in [9.17, 15) is 0 Å². The fourth-order valence-corrected chi connectivity index (χ4v) is 2.74. The first kappa shape index (κ1) is 13.2. The highest BCUT2D eigenvalue weighted by Gasteiger charge is 2.13. The Bertz CT molecular complexity index is 633. The number of benzene rings is 2. The van der Waals surface area contributed by atoms with Gasteiger partial charge in [-0.3, -0.25) is 4.90 Å². The van der Waals surface area contributed by atoms with Crippen molar-refractivity contribution in [3.8, 4) is 16.9 Å². The second-order valence-electron chi connectivity index (χ2n) is 5.73. The average Bonchev–Trinajstić information content (AvgIpc) is 2.61. The summed E-state index contributed by atoms with van der Waals surface area (Å²) in [6.45, 7) is 7.01. The molecule has 0 unspecified atom stereocenters. The van der Waals surface area contributed by atoms with Crippen molar-refractivity contribution >= 4 is 0 Å². The Hall–Kier alpha value is -1.80. The summed E-state index contributed by atoms with van der Waals surface area (Å²) in [5, 5.41) is 0. The summed E-state index contributed by atoms with van der Waals surface area (Å²) >= 11 is 0. The third kappa shape index (κ3) is 2.56. The Balaban J connectivity index is 2.05. The predicted octanol–water partition coefficient (Wildman–Crippen LogP) is 3.79. The van der Waals surface area contributed by atoms with Crippen LogP contribution in [0.2, 0.25) is 0 Å². The van der Waals surface area contributed by atoms with Crippen molar-refractivity contribution in [3.63, 3.8) is 0 Å².